The molecule has 0 bridgehead atoms. The first kappa shape index (κ1) is 15.4. The van der Waals surface area contributed by atoms with Gasteiger partial charge in [-0.05, 0) is 31.6 Å². The van der Waals surface area contributed by atoms with Crippen molar-refractivity contribution < 1.29 is 9.53 Å². The highest BCUT2D eigenvalue weighted by atomic mass is 16.5. The van der Waals surface area contributed by atoms with Crippen molar-refractivity contribution in [3.63, 3.8) is 0 Å². The third-order valence-corrected chi connectivity index (χ3v) is 4.16. The molecule has 1 saturated carbocycles. The van der Waals surface area contributed by atoms with Crippen LogP contribution in [0, 0.1) is 17.8 Å². The summed E-state index contributed by atoms with van der Waals surface area (Å²) >= 11 is 0. The van der Waals surface area contributed by atoms with E-state index < -0.39 is 0 Å². The van der Waals surface area contributed by atoms with Crippen LogP contribution in [0.25, 0.3) is 0 Å². The van der Waals surface area contributed by atoms with Gasteiger partial charge in [0.2, 0.25) is 5.91 Å². The minimum Gasteiger partial charge on any atom is -0.380 e. The highest BCUT2D eigenvalue weighted by Crippen LogP contribution is 2.33. The fourth-order valence-corrected chi connectivity index (χ4v) is 2.77. The average Bonchev–Trinajstić information content (AvgIpc) is 2.33. The molecule has 18 heavy (non-hydrogen) atoms. The lowest BCUT2D eigenvalue weighted by molar-refractivity contribution is -0.138. The first-order valence-electron chi connectivity index (χ1n) is 7.05. The predicted molar refractivity (Wildman–Crippen MR) is 73.2 cm³/mol. The van der Waals surface area contributed by atoms with Crippen molar-refractivity contribution in [1.82, 2.24) is 4.90 Å². The smallest absolute Gasteiger partial charge is 0.225 e. The Morgan fingerprint density at radius 3 is 2.61 bits per heavy atom. The summed E-state index contributed by atoms with van der Waals surface area (Å²) in [5.41, 5.74) is 6.10. The summed E-state index contributed by atoms with van der Waals surface area (Å²) in [4.78, 5) is 14.2. The molecule has 1 aliphatic carbocycles. The van der Waals surface area contributed by atoms with Gasteiger partial charge in [0.25, 0.3) is 0 Å². The molecule has 0 aromatic rings. The lowest BCUT2D eigenvalue weighted by atomic mass is 9.72. The van der Waals surface area contributed by atoms with Crippen LogP contribution in [0.4, 0.5) is 0 Å². The Bertz CT molecular complexity index is 271. The topological polar surface area (TPSA) is 55.6 Å². The molecule has 4 unspecified atom stereocenters. The molecule has 1 fully saturated rings. The van der Waals surface area contributed by atoms with Gasteiger partial charge in [0.1, 0.15) is 0 Å². The summed E-state index contributed by atoms with van der Waals surface area (Å²) in [6.07, 6.45) is 1.87. The van der Waals surface area contributed by atoms with E-state index in [0.29, 0.717) is 31.6 Å². The van der Waals surface area contributed by atoms with E-state index in [1.165, 1.54) is 0 Å². The van der Waals surface area contributed by atoms with Crippen LogP contribution in [0.15, 0.2) is 0 Å². The van der Waals surface area contributed by atoms with Gasteiger partial charge in [0.15, 0.2) is 0 Å². The normalized spacial score (nSPS) is 32.3. The number of carbonyl (C=O) groups excluding carboxylic acids is 1. The fourth-order valence-electron chi connectivity index (χ4n) is 2.77. The highest BCUT2D eigenvalue weighted by molar-refractivity contribution is 5.79. The van der Waals surface area contributed by atoms with Gasteiger partial charge in [-0.25, -0.2) is 0 Å². The van der Waals surface area contributed by atoms with Gasteiger partial charge in [0, 0.05) is 32.2 Å². The van der Waals surface area contributed by atoms with Crippen molar-refractivity contribution in [2.45, 2.75) is 39.7 Å². The first-order valence-corrected chi connectivity index (χ1v) is 7.05. The van der Waals surface area contributed by atoms with E-state index in [2.05, 4.69) is 13.8 Å². The second-order valence-corrected chi connectivity index (χ2v) is 5.65. The molecular weight excluding hydrogens is 228 g/mol. The van der Waals surface area contributed by atoms with E-state index >= 15 is 0 Å². The van der Waals surface area contributed by atoms with Crippen molar-refractivity contribution in [2.75, 3.05) is 26.8 Å². The Balaban J connectivity index is 2.49. The van der Waals surface area contributed by atoms with E-state index in [4.69, 9.17) is 10.5 Å². The van der Waals surface area contributed by atoms with Gasteiger partial charge in [0.05, 0.1) is 6.61 Å². The molecule has 0 aromatic carbocycles. The number of rotatable bonds is 5. The quantitative estimate of drug-likeness (QED) is 0.758. The number of nitrogens with two attached hydrogens (primary N) is 1. The summed E-state index contributed by atoms with van der Waals surface area (Å²) < 4.78 is 5.29. The van der Waals surface area contributed by atoms with Gasteiger partial charge in [-0.15, -0.1) is 0 Å². The highest BCUT2D eigenvalue weighted by Gasteiger charge is 2.36. The van der Waals surface area contributed by atoms with Crippen LogP contribution in [-0.2, 0) is 9.53 Å². The predicted octanol–water partition coefficient (Wildman–Crippen LogP) is 1.49. The Hall–Kier alpha value is -0.610. The van der Waals surface area contributed by atoms with Crippen LogP contribution < -0.4 is 5.73 Å². The second kappa shape index (κ2) is 7.10. The van der Waals surface area contributed by atoms with Gasteiger partial charge in [-0.1, -0.05) is 13.8 Å². The van der Waals surface area contributed by atoms with E-state index in [1.54, 1.807) is 4.90 Å². The van der Waals surface area contributed by atoms with Crippen LogP contribution in [0.1, 0.15) is 33.6 Å². The SMILES string of the molecule is CCOCCN(C)C(=O)C1CC(N)C(C)CC1C. The summed E-state index contributed by atoms with van der Waals surface area (Å²) in [6.45, 7) is 8.29. The molecule has 1 amide bonds. The van der Waals surface area contributed by atoms with E-state index in [9.17, 15) is 4.79 Å². The van der Waals surface area contributed by atoms with Crippen molar-refractivity contribution in [3.8, 4) is 0 Å². The first-order chi connectivity index (χ1) is 8.47. The fraction of sp³-hybridized carbons (Fsp3) is 0.929. The molecule has 4 heteroatoms. The van der Waals surface area contributed by atoms with Crippen LogP contribution >= 0.6 is 0 Å². The molecule has 0 aliphatic heterocycles. The lowest BCUT2D eigenvalue weighted by Gasteiger charge is -2.37. The van der Waals surface area contributed by atoms with Crippen molar-refractivity contribution in [2.24, 2.45) is 23.5 Å². The Labute approximate surface area is 111 Å². The summed E-state index contributed by atoms with van der Waals surface area (Å²) in [5.74, 6) is 1.27. The molecule has 106 valence electrons. The van der Waals surface area contributed by atoms with Gasteiger partial charge >= 0.3 is 0 Å². The van der Waals surface area contributed by atoms with Crippen molar-refractivity contribution in [1.29, 1.82) is 0 Å². The number of hydrogen-bond donors (Lipinski definition) is 1. The van der Waals surface area contributed by atoms with Gasteiger partial charge < -0.3 is 15.4 Å². The Kier molecular flexibility index (Phi) is 6.09. The molecule has 0 aromatic heterocycles. The lowest BCUT2D eigenvalue weighted by Crippen LogP contribution is -2.46. The van der Waals surface area contributed by atoms with Crippen molar-refractivity contribution in [3.05, 3.63) is 0 Å². The van der Waals surface area contributed by atoms with Crippen molar-refractivity contribution >= 4 is 5.91 Å². The van der Waals surface area contributed by atoms with Crippen LogP contribution in [0.2, 0.25) is 0 Å². The third kappa shape index (κ3) is 3.95. The number of ether oxygens (including phenoxy) is 1. The standard InChI is InChI=1S/C14H28N2O2/c1-5-18-7-6-16(4)14(17)12-9-13(15)11(3)8-10(12)2/h10-13H,5-9,15H2,1-4H3. The Morgan fingerprint density at radius 2 is 2.00 bits per heavy atom. The molecule has 0 saturated heterocycles. The molecule has 1 rings (SSSR count). The Morgan fingerprint density at radius 1 is 1.33 bits per heavy atom. The molecule has 0 radical (unpaired) electrons. The molecule has 0 heterocycles. The van der Waals surface area contributed by atoms with Crippen LogP contribution in [-0.4, -0.2) is 43.7 Å². The number of amides is 1. The zero-order valence-electron chi connectivity index (χ0n) is 12.2. The molecular formula is C14H28N2O2. The minimum absolute atomic E-state index is 0.0860. The third-order valence-electron chi connectivity index (χ3n) is 4.16. The van der Waals surface area contributed by atoms with Crippen LogP contribution in [0.3, 0.4) is 0 Å². The maximum absolute atomic E-state index is 12.4. The van der Waals surface area contributed by atoms with E-state index in [0.717, 1.165) is 12.8 Å². The van der Waals surface area contributed by atoms with E-state index in [-0.39, 0.29) is 17.9 Å². The summed E-state index contributed by atoms with van der Waals surface area (Å²) in [7, 11) is 1.86. The number of nitrogens with zero attached hydrogens (tertiary/aromatic N) is 1. The molecule has 4 nitrogen and oxygen atoms in total. The molecule has 4 atom stereocenters. The minimum atomic E-state index is 0.0860. The van der Waals surface area contributed by atoms with Gasteiger partial charge in [-0.2, -0.15) is 0 Å². The number of likely N-dealkylation sites (N-methyl/N-ethyl adjacent to an activating group) is 1. The molecule has 0 spiro atoms. The van der Waals surface area contributed by atoms with E-state index in [1.807, 2.05) is 14.0 Å². The van der Waals surface area contributed by atoms with Crippen LogP contribution in [0.5, 0.6) is 0 Å². The monoisotopic (exact) mass is 256 g/mol. The summed E-state index contributed by atoms with van der Waals surface area (Å²) in [5, 5.41) is 0. The maximum atomic E-state index is 12.4. The molecule has 2 N–H and O–H groups in total. The average molecular weight is 256 g/mol. The largest absolute Gasteiger partial charge is 0.380 e. The molecule has 1 aliphatic rings. The zero-order valence-corrected chi connectivity index (χ0v) is 12.2. The number of carbonyl (C=O) groups is 1. The zero-order chi connectivity index (χ0) is 13.7. The second-order valence-electron chi connectivity index (χ2n) is 5.65. The number of hydrogen-bond acceptors (Lipinski definition) is 3. The summed E-state index contributed by atoms with van der Waals surface area (Å²) in [6, 6.07) is 0.162. The van der Waals surface area contributed by atoms with Gasteiger partial charge in [-0.3, -0.25) is 4.79 Å². The maximum Gasteiger partial charge on any atom is 0.225 e.